The maximum Gasteiger partial charge on any atom is 0.306 e. The van der Waals surface area contributed by atoms with Crippen LogP contribution in [0.1, 0.15) is 31.2 Å². The van der Waals surface area contributed by atoms with E-state index in [4.69, 9.17) is 4.74 Å². The van der Waals surface area contributed by atoms with Crippen LogP contribution in [0.15, 0.2) is 54.6 Å². The fourth-order valence-corrected chi connectivity index (χ4v) is 4.56. The maximum atomic E-state index is 13.3. The molecular formula is C25H32N4O4S. The van der Waals surface area contributed by atoms with Crippen LogP contribution in [0.25, 0.3) is 0 Å². The predicted octanol–water partition coefficient (Wildman–Crippen LogP) is 3.01. The number of hydrogen-bond acceptors (Lipinski definition) is 7. The van der Waals surface area contributed by atoms with Gasteiger partial charge in [0, 0.05) is 50.2 Å². The number of rotatable bonds is 12. The molecule has 0 saturated carbocycles. The van der Waals surface area contributed by atoms with E-state index in [2.05, 4.69) is 21.8 Å². The lowest BCUT2D eigenvalue weighted by molar-refractivity contribution is -0.150. The lowest BCUT2D eigenvalue weighted by Crippen LogP contribution is -2.50. The van der Waals surface area contributed by atoms with Crippen molar-refractivity contribution in [1.29, 1.82) is 0 Å². The van der Waals surface area contributed by atoms with Gasteiger partial charge in [0.25, 0.3) is 0 Å². The number of aromatic nitrogens is 1. The Hall–Kier alpha value is -3.20. The molecule has 0 radical (unpaired) electrons. The fraction of sp³-hybridized carbons (Fsp3) is 0.440. The highest BCUT2D eigenvalue weighted by molar-refractivity contribution is 7.13. The first kappa shape index (κ1) is 25.4. The Balaban J connectivity index is 1.52. The van der Waals surface area contributed by atoms with Gasteiger partial charge in [0.05, 0.1) is 6.42 Å². The molecule has 1 fully saturated rings. The molecule has 8 nitrogen and oxygen atoms in total. The van der Waals surface area contributed by atoms with E-state index in [-0.39, 0.29) is 30.8 Å². The Morgan fingerprint density at radius 1 is 1.15 bits per heavy atom. The lowest BCUT2D eigenvalue weighted by atomic mass is 9.96. The predicted molar refractivity (Wildman–Crippen MR) is 132 cm³/mol. The van der Waals surface area contributed by atoms with Crippen LogP contribution in [0.2, 0.25) is 0 Å². The normalized spacial score (nSPS) is 14.4. The molecule has 0 bridgehead atoms. The van der Waals surface area contributed by atoms with Gasteiger partial charge in [-0.05, 0) is 24.5 Å². The molecule has 1 saturated heterocycles. The topological polar surface area (TPSA) is 91.8 Å². The van der Waals surface area contributed by atoms with E-state index in [0.717, 1.165) is 36.6 Å². The number of esters is 1. The second kappa shape index (κ2) is 13.5. The minimum absolute atomic E-state index is 0.00873. The zero-order valence-electron chi connectivity index (χ0n) is 19.4. The van der Waals surface area contributed by atoms with Gasteiger partial charge in [-0.1, -0.05) is 43.3 Å². The lowest BCUT2D eigenvalue weighted by Gasteiger charge is -2.36. The molecule has 9 heteroatoms. The number of unbranched alkanes of at least 4 members (excludes halogenated alkanes) is 1. The summed E-state index contributed by atoms with van der Waals surface area (Å²) in [6.07, 6.45) is 5.08. The SMILES string of the molecule is C=CC(=O)NCCCC[C@H](CC(=O)OCc1ccccc1)C(=O)N1CCN(c2nccs2)CC1. The van der Waals surface area contributed by atoms with Gasteiger partial charge in [0.1, 0.15) is 6.61 Å². The molecule has 1 atom stereocenters. The van der Waals surface area contributed by atoms with Gasteiger partial charge in [-0.15, -0.1) is 11.3 Å². The zero-order valence-corrected chi connectivity index (χ0v) is 20.2. The summed E-state index contributed by atoms with van der Waals surface area (Å²) in [7, 11) is 0. The molecule has 1 aliphatic heterocycles. The molecular weight excluding hydrogens is 452 g/mol. The van der Waals surface area contributed by atoms with Crippen LogP contribution in [0.5, 0.6) is 0 Å². The van der Waals surface area contributed by atoms with Crippen molar-refractivity contribution in [3.63, 3.8) is 0 Å². The summed E-state index contributed by atoms with van der Waals surface area (Å²) in [6.45, 7) is 6.78. The van der Waals surface area contributed by atoms with Gasteiger partial charge in [-0.25, -0.2) is 4.98 Å². The summed E-state index contributed by atoms with van der Waals surface area (Å²) in [5.41, 5.74) is 0.912. The number of hydrogen-bond donors (Lipinski definition) is 1. The average molecular weight is 485 g/mol. The second-order valence-electron chi connectivity index (χ2n) is 8.17. The fourth-order valence-electron chi connectivity index (χ4n) is 3.86. The third-order valence-electron chi connectivity index (χ3n) is 5.75. The molecule has 0 aliphatic carbocycles. The van der Waals surface area contributed by atoms with Crippen molar-refractivity contribution < 1.29 is 19.1 Å². The quantitative estimate of drug-likeness (QED) is 0.283. The number of anilines is 1. The molecule has 1 N–H and O–H groups in total. The molecule has 2 aromatic rings. The minimum Gasteiger partial charge on any atom is -0.461 e. The highest BCUT2D eigenvalue weighted by atomic mass is 32.1. The summed E-state index contributed by atoms with van der Waals surface area (Å²) >= 11 is 1.59. The largest absolute Gasteiger partial charge is 0.461 e. The molecule has 34 heavy (non-hydrogen) atoms. The van der Waals surface area contributed by atoms with E-state index in [1.165, 1.54) is 6.08 Å². The molecule has 1 aliphatic rings. The molecule has 3 rings (SSSR count). The van der Waals surface area contributed by atoms with Crippen molar-refractivity contribution in [3.05, 3.63) is 60.1 Å². The van der Waals surface area contributed by atoms with E-state index in [1.54, 1.807) is 17.5 Å². The van der Waals surface area contributed by atoms with E-state index in [0.29, 0.717) is 26.1 Å². The van der Waals surface area contributed by atoms with Crippen molar-refractivity contribution in [2.75, 3.05) is 37.6 Å². The van der Waals surface area contributed by atoms with Gasteiger partial charge >= 0.3 is 5.97 Å². The van der Waals surface area contributed by atoms with E-state index in [1.807, 2.05) is 40.6 Å². The standard InChI is InChI=1S/C25H32N4O4S/c1-2-22(30)26-11-7-6-10-21(18-23(31)33-19-20-8-4-3-5-9-20)24(32)28-13-15-29(16-14-28)25-27-12-17-34-25/h2-5,8-9,12,17,21H,1,6-7,10-11,13-16,18-19H2,(H,26,30)/t21-/m1/s1. The second-order valence-corrected chi connectivity index (χ2v) is 9.04. The van der Waals surface area contributed by atoms with Crippen LogP contribution in [-0.4, -0.2) is 60.4 Å². The summed E-state index contributed by atoms with van der Waals surface area (Å²) in [4.78, 5) is 45.6. The van der Waals surface area contributed by atoms with Crippen LogP contribution < -0.4 is 10.2 Å². The van der Waals surface area contributed by atoms with Crippen LogP contribution in [0.3, 0.4) is 0 Å². The van der Waals surface area contributed by atoms with Crippen LogP contribution in [-0.2, 0) is 25.7 Å². The van der Waals surface area contributed by atoms with Crippen LogP contribution in [0, 0.1) is 5.92 Å². The number of piperazine rings is 1. The van der Waals surface area contributed by atoms with Gasteiger partial charge in [-0.2, -0.15) is 0 Å². The maximum absolute atomic E-state index is 13.3. The summed E-state index contributed by atoms with van der Waals surface area (Å²) in [5.74, 6) is -1.03. The van der Waals surface area contributed by atoms with Crippen molar-refractivity contribution >= 4 is 34.3 Å². The number of carbonyl (C=O) groups excluding carboxylic acids is 3. The number of ether oxygens (including phenoxy) is 1. The average Bonchev–Trinajstić information content (AvgIpc) is 3.42. The molecule has 1 aromatic heterocycles. The Morgan fingerprint density at radius 3 is 2.59 bits per heavy atom. The van der Waals surface area contributed by atoms with Crippen molar-refractivity contribution in [3.8, 4) is 0 Å². The third kappa shape index (κ3) is 7.98. The number of carbonyl (C=O) groups is 3. The number of nitrogens with zero attached hydrogens (tertiary/aromatic N) is 3. The van der Waals surface area contributed by atoms with Crippen LogP contribution in [0.4, 0.5) is 5.13 Å². The smallest absolute Gasteiger partial charge is 0.306 e. The summed E-state index contributed by atoms with van der Waals surface area (Å²) in [6, 6.07) is 9.49. The number of benzene rings is 1. The minimum atomic E-state index is -0.440. The van der Waals surface area contributed by atoms with E-state index < -0.39 is 5.92 Å². The number of thiazole rings is 1. The first-order valence-electron chi connectivity index (χ1n) is 11.6. The van der Waals surface area contributed by atoms with Crippen LogP contribution >= 0.6 is 11.3 Å². The van der Waals surface area contributed by atoms with Gasteiger partial charge < -0.3 is 19.9 Å². The van der Waals surface area contributed by atoms with E-state index >= 15 is 0 Å². The number of nitrogens with one attached hydrogen (secondary N) is 1. The zero-order chi connectivity index (χ0) is 24.2. The Labute approximate surface area is 204 Å². The van der Waals surface area contributed by atoms with Gasteiger partial charge in [-0.3, -0.25) is 14.4 Å². The van der Waals surface area contributed by atoms with Gasteiger partial charge in [0.15, 0.2) is 5.13 Å². The van der Waals surface area contributed by atoms with Crippen molar-refractivity contribution in [2.45, 2.75) is 32.3 Å². The molecule has 0 unspecified atom stereocenters. The Morgan fingerprint density at radius 2 is 1.91 bits per heavy atom. The third-order valence-corrected chi connectivity index (χ3v) is 6.58. The Kier molecular flexibility index (Phi) is 10.1. The molecule has 0 spiro atoms. The summed E-state index contributed by atoms with van der Waals surface area (Å²) in [5, 5.41) is 5.65. The molecule has 182 valence electrons. The highest BCUT2D eigenvalue weighted by Crippen LogP contribution is 2.22. The first-order valence-corrected chi connectivity index (χ1v) is 12.5. The Bertz CT molecular complexity index is 928. The molecule has 2 amide bonds. The molecule has 1 aromatic carbocycles. The summed E-state index contributed by atoms with van der Waals surface area (Å²) < 4.78 is 5.44. The monoisotopic (exact) mass is 484 g/mol. The highest BCUT2D eigenvalue weighted by Gasteiger charge is 2.30. The number of amides is 2. The van der Waals surface area contributed by atoms with E-state index in [9.17, 15) is 14.4 Å². The van der Waals surface area contributed by atoms with Crippen molar-refractivity contribution in [2.24, 2.45) is 5.92 Å². The molecule has 2 heterocycles. The van der Waals surface area contributed by atoms with Crippen molar-refractivity contribution in [1.82, 2.24) is 15.2 Å². The van der Waals surface area contributed by atoms with Gasteiger partial charge in [0.2, 0.25) is 11.8 Å². The first-order chi connectivity index (χ1) is 16.6.